The Morgan fingerprint density at radius 2 is 1.56 bits per heavy atom. The minimum absolute atomic E-state index is 0.286. The summed E-state index contributed by atoms with van der Waals surface area (Å²) in [5.74, 6) is 0.286. The molecule has 0 aliphatic rings. The lowest BCUT2D eigenvalue weighted by molar-refractivity contribution is 0.475. The van der Waals surface area contributed by atoms with Gasteiger partial charge in [-0.05, 0) is 42.0 Å². The Labute approximate surface area is 103 Å². The fourth-order valence-electron chi connectivity index (χ4n) is 1.39. The van der Waals surface area contributed by atoms with Gasteiger partial charge in [-0.3, -0.25) is 0 Å². The summed E-state index contributed by atoms with van der Waals surface area (Å²) in [4.78, 5) is 0. The summed E-state index contributed by atoms with van der Waals surface area (Å²) < 4.78 is 1.08. The number of hydrogen-bond donors (Lipinski definition) is 2. The fourth-order valence-corrected chi connectivity index (χ4v) is 1.65. The summed E-state index contributed by atoms with van der Waals surface area (Å²) >= 11 is 3.40. The molecule has 0 heterocycles. The van der Waals surface area contributed by atoms with E-state index in [0.29, 0.717) is 0 Å². The number of hydrogen-bond acceptors (Lipinski definition) is 2. The molecule has 0 saturated heterocycles. The van der Waals surface area contributed by atoms with Crippen molar-refractivity contribution in [2.75, 3.05) is 5.32 Å². The van der Waals surface area contributed by atoms with E-state index in [1.165, 1.54) is 5.56 Å². The van der Waals surface area contributed by atoms with Crippen LogP contribution in [-0.2, 0) is 6.54 Å². The molecular weight excluding hydrogens is 266 g/mol. The molecule has 0 aliphatic heterocycles. The van der Waals surface area contributed by atoms with E-state index in [4.69, 9.17) is 5.11 Å². The average molecular weight is 278 g/mol. The van der Waals surface area contributed by atoms with Gasteiger partial charge in [0.15, 0.2) is 0 Å². The lowest BCUT2D eigenvalue weighted by Gasteiger charge is -2.06. The van der Waals surface area contributed by atoms with E-state index < -0.39 is 0 Å². The number of aromatic hydroxyl groups is 1. The summed E-state index contributed by atoms with van der Waals surface area (Å²) in [5, 5.41) is 12.4. The van der Waals surface area contributed by atoms with E-state index in [2.05, 4.69) is 33.4 Å². The van der Waals surface area contributed by atoms with E-state index in [1.807, 2.05) is 24.3 Å². The second-order valence-corrected chi connectivity index (χ2v) is 4.44. The van der Waals surface area contributed by atoms with Crippen molar-refractivity contribution in [2.24, 2.45) is 0 Å². The SMILES string of the molecule is Oc1ccc(NCc2ccc(Br)cc2)cc1. The summed E-state index contributed by atoms with van der Waals surface area (Å²) in [5.41, 5.74) is 2.22. The molecule has 2 aromatic carbocycles. The van der Waals surface area contributed by atoms with E-state index >= 15 is 0 Å². The van der Waals surface area contributed by atoms with Crippen molar-refractivity contribution in [1.82, 2.24) is 0 Å². The summed E-state index contributed by atoms with van der Waals surface area (Å²) in [6.07, 6.45) is 0. The Morgan fingerprint density at radius 1 is 0.938 bits per heavy atom. The zero-order valence-electron chi connectivity index (χ0n) is 8.65. The average Bonchev–Trinajstić information content (AvgIpc) is 2.30. The van der Waals surface area contributed by atoms with Gasteiger partial charge in [-0.1, -0.05) is 28.1 Å². The highest BCUT2D eigenvalue weighted by Crippen LogP contribution is 2.15. The number of phenolic OH excluding ortho intramolecular Hbond substituents is 1. The maximum atomic E-state index is 9.14. The van der Waals surface area contributed by atoms with Gasteiger partial charge in [0.05, 0.1) is 0 Å². The number of benzene rings is 2. The molecule has 0 radical (unpaired) electrons. The molecule has 16 heavy (non-hydrogen) atoms. The monoisotopic (exact) mass is 277 g/mol. The van der Waals surface area contributed by atoms with Gasteiger partial charge in [0.1, 0.15) is 5.75 Å². The van der Waals surface area contributed by atoms with Gasteiger partial charge >= 0.3 is 0 Å². The normalized spacial score (nSPS) is 10.1. The number of rotatable bonds is 3. The molecule has 2 nitrogen and oxygen atoms in total. The van der Waals surface area contributed by atoms with Crippen molar-refractivity contribution in [3.05, 3.63) is 58.6 Å². The number of halogens is 1. The van der Waals surface area contributed by atoms with Gasteiger partial charge in [0, 0.05) is 16.7 Å². The Bertz CT molecular complexity index is 405. The first-order valence-electron chi connectivity index (χ1n) is 5.01. The lowest BCUT2D eigenvalue weighted by Crippen LogP contribution is -1.98. The smallest absolute Gasteiger partial charge is 0.115 e. The van der Waals surface area contributed by atoms with Crippen molar-refractivity contribution in [1.29, 1.82) is 0 Å². The second kappa shape index (κ2) is 5.03. The highest BCUT2D eigenvalue weighted by atomic mass is 79.9. The minimum Gasteiger partial charge on any atom is -0.508 e. The zero-order chi connectivity index (χ0) is 11.4. The molecule has 0 saturated carbocycles. The van der Waals surface area contributed by atoms with Crippen molar-refractivity contribution in [3.8, 4) is 5.75 Å². The molecule has 2 aromatic rings. The van der Waals surface area contributed by atoms with Crippen LogP contribution >= 0.6 is 15.9 Å². The van der Waals surface area contributed by atoms with Gasteiger partial charge in [0.2, 0.25) is 0 Å². The van der Waals surface area contributed by atoms with E-state index in [1.54, 1.807) is 12.1 Å². The molecule has 0 bridgehead atoms. The van der Waals surface area contributed by atoms with E-state index in [0.717, 1.165) is 16.7 Å². The highest BCUT2D eigenvalue weighted by Gasteiger charge is 1.94. The molecule has 0 unspecified atom stereocenters. The number of phenols is 1. The summed E-state index contributed by atoms with van der Waals surface area (Å²) in [7, 11) is 0. The largest absolute Gasteiger partial charge is 0.508 e. The molecule has 0 spiro atoms. The second-order valence-electron chi connectivity index (χ2n) is 3.53. The predicted octanol–water partition coefficient (Wildman–Crippen LogP) is 3.77. The Hall–Kier alpha value is -1.48. The predicted molar refractivity (Wildman–Crippen MR) is 69.6 cm³/mol. The van der Waals surface area contributed by atoms with Crippen LogP contribution in [0.15, 0.2) is 53.0 Å². The zero-order valence-corrected chi connectivity index (χ0v) is 10.2. The van der Waals surface area contributed by atoms with Gasteiger partial charge in [-0.15, -0.1) is 0 Å². The number of anilines is 1. The molecular formula is C13H12BrNO. The maximum absolute atomic E-state index is 9.14. The molecule has 0 amide bonds. The van der Waals surface area contributed by atoms with Crippen LogP contribution in [0.25, 0.3) is 0 Å². The first-order chi connectivity index (χ1) is 7.74. The van der Waals surface area contributed by atoms with Crippen molar-refractivity contribution >= 4 is 21.6 Å². The molecule has 2 rings (SSSR count). The third-order valence-corrected chi connectivity index (χ3v) is 2.81. The van der Waals surface area contributed by atoms with Crippen LogP contribution in [-0.4, -0.2) is 5.11 Å². The van der Waals surface area contributed by atoms with Crippen molar-refractivity contribution in [2.45, 2.75) is 6.54 Å². The summed E-state index contributed by atoms with van der Waals surface area (Å²) in [6.45, 7) is 0.776. The topological polar surface area (TPSA) is 32.3 Å². The first kappa shape index (κ1) is 11.0. The van der Waals surface area contributed by atoms with Crippen LogP contribution in [0.2, 0.25) is 0 Å². The van der Waals surface area contributed by atoms with E-state index in [-0.39, 0.29) is 5.75 Å². The third kappa shape index (κ3) is 3.00. The Morgan fingerprint density at radius 3 is 2.19 bits per heavy atom. The van der Waals surface area contributed by atoms with Gasteiger partial charge in [0.25, 0.3) is 0 Å². The molecule has 0 atom stereocenters. The third-order valence-electron chi connectivity index (χ3n) is 2.28. The quantitative estimate of drug-likeness (QED) is 0.838. The van der Waals surface area contributed by atoms with E-state index in [9.17, 15) is 0 Å². The van der Waals surface area contributed by atoms with Gasteiger partial charge < -0.3 is 10.4 Å². The highest BCUT2D eigenvalue weighted by molar-refractivity contribution is 9.10. The molecule has 82 valence electrons. The standard InChI is InChI=1S/C13H12BrNO/c14-11-3-1-10(2-4-11)9-15-12-5-7-13(16)8-6-12/h1-8,15-16H,9H2. The van der Waals surface area contributed by atoms with Crippen LogP contribution in [0.3, 0.4) is 0 Å². The van der Waals surface area contributed by atoms with Crippen LogP contribution in [0, 0.1) is 0 Å². The molecule has 2 N–H and O–H groups in total. The molecule has 3 heteroatoms. The number of nitrogens with one attached hydrogen (secondary N) is 1. The molecule has 0 aliphatic carbocycles. The Kier molecular flexibility index (Phi) is 3.47. The fraction of sp³-hybridized carbons (Fsp3) is 0.0769. The lowest BCUT2D eigenvalue weighted by atomic mass is 10.2. The molecule has 0 aromatic heterocycles. The van der Waals surface area contributed by atoms with Crippen molar-refractivity contribution in [3.63, 3.8) is 0 Å². The Balaban J connectivity index is 1.97. The van der Waals surface area contributed by atoms with Crippen LogP contribution in [0.5, 0.6) is 5.75 Å². The molecule has 0 fully saturated rings. The van der Waals surface area contributed by atoms with Crippen LogP contribution < -0.4 is 5.32 Å². The van der Waals surface area contributed by atoms with Crippen LogP contribution in [0.4, 0.5) is 5.69 Å². The minimum atomic E-state index is 0.286. The first-order valence-corrected chi connectivity index (χ1v) is 5.81. The van der Waals surface area contributed by atoms with Gasteiger partial charge in [-0.2, -0.15) is 0 Å². The van der Waals surface area contributed by atoms with Crippen molar-refractivity contribution < 1.29 is 5.11 Å². The van der Waals surface area contributed by atoms with Crippen LogP contribution in [0.1, 0.15) is 5.56 Å². The summed E-state index contributed by atoms with van der Waals surface area (Å²) in [6, 6.07) is 15.2. The maximum Gasteiger partial charge on any atom is 0.115 e. The van der Waals surface area contributed by atoms with Gasteiger partial charge in [-0.25, -0.2) is 0 Å².